The summed E-state index contributed by atoms with van der Waals surface area (Å²) in [7, 11) is 0. The fourth-order valence-electron chi connectivity index (χ4n) is 1.63. The first kappa shape index (κ1) is 11.5. The Morgan fingerprint density at radius 2 is 2.35 bits per heavy atom. The van der Waals surface area contributed by atoms with Crippen molar-refractivity contribution in [3.05, 3.63) is 48.9 Å². The van der Waals surface area contributed by atoms with E-state index >= 15 is 0 Å². The zero-order valence-corrected chi connectivity index (χ0v) is 9.69. The minimum Gasteiger partial charge on any atom is -0.312 e. The summed E-state index contributed by atoms with van der Waals surface area (Å²) >= 11 is 0. The predicted octanol–water partition coefficient (Wildman–Crippen LogP) is 2.14. The van der Waals surface area contributed by atoms with E-state index in [4.69, 9.17) is 0 Å². The van der Waals surface area contributed by atoms with E-state index in [1.807, 2.05) is 30.6 Å². The summed E-state index contributed by atoms with van der Waals surface area (Å²) < 4.78 is 0. The Bertz CT molecular complexity index is 461. The van der Waals surface area contributed by atoms with Gasteiger partial charge in [0.05, 0.1) is 11.9 Å². The van der Waals surface area contributed by atoms with E-state index in [9.17, 15) is 0 Å². The van der Waals surface area contributed by atoms with Crippen LogP contribution in [0.4, 0.5) is 0 Å². The predicted molar refractivity (Wildman–Crippen MR) is 68.3 cm³/mol. The lowest BCUT2D eigenvalue weighted by Gasteiger charge is -2.04. The minimum absolute atomic E-state index is 0.800. The topological polar surface area (TPSA) is 53.6 Å². The Labute approximate surface area is 101 Å². The minimum atomic E-state index is 0.800. The first-order valence-electron chi connectivity index (χ1n) is 5.66. The van der Waals surface area contributed by atoms with Crippen LogP contribution in [0.1, 0.15) is 12.0 Å². The van der Waals surface area contributed by atoms with Crippen LogP contribution in [0.25, 0.3) is 11.3 Å². The quantitative estimate of drug-likeness (QED) is 0.588. The molecule has 0 aliphatic heterocycles. The van der Waals surface area contributed by atoms with Crippen molar-refractivity contribution in [3.8, 4) is 11.3 Å². The molecule has 2 aromatic heterocycles. The molecular formula is C13H16N4. The number of nitrogens with one attached hydrogen (secondary N) is 2. The Balaban J connectivity index is 2.04. The molecule has 2 rings (SSSR count). The SMILES string of the molecule is C=CCCNCc1cn[nH]c1-c1cccnc1. The van der Waals surface area contributed by atoms with Crippen LogP contribution in [-0.2, 0) is 6.54 Å². The van der Waals surface area contributed by atoms with Gasteiger partial charge in [-0.15, -0.1) is 6.58 Å². The third kappa shape index (κ3) is 3.01. The Hall–Kier alpha value is -1.94. The lowest BCUT2D eigenvalue weighted by Crippen LogP contribution is -2.14. The molecule has 4 nitrogen and oxygen atoms in total. The van der Waals surface area contributed by atoms with Crippen molar-refractivity contribution in [2.45, 2.75) is 13.0 Å². The summed E-state index contributed by atoms with van der Waals surface area (Å²) in [4.78, 5) is 4.11. The van der Waals surface area contributed by atoms with Crippen molar-refractivity contribution < 1.29 is 0 Å². The Morgan fingerprint density at radius 1 is 1.41 bits per heavy atom. The third-order valence-corrected chi connectivity index (χ3v) is 2.51. The summed E-state index contributed by atoms with van der Waals surface area (Å²) in [5.74, 6) is 0. The van der Waals surface area contributed by atoms with E-state index in [-0.39, 0.29) is 0 Å². The van der Waals surface area contributed by atoms with Gasteiger partial charge in [-0.1, -0.05) is 6.08 Å². The molecule has 0 unspecified atom stereocenters. The summed E-state index contributed by atoms with van der Waals surface area (Å²) in [6.07, 6.45) is 8.33. The Kier molecular flexibility index (Phi) is 4.05. The van der Waals surface area contributed by atoms with Crippen LogP contribution in [-0.4, -0.2) is 21.7 Å². The highest BCUT2D eigenvalue weighted by Gasteiger charge is 2.06. The van der Waals surface area contributed by atoms with Gasteiger partial charge in [0.25, 0.3) is 0 Å². The molecule has 0 saturated carbocycles. The van der Waals surface area contributed by atoms with Gasteiger partial charge in [0.1, 0.15) is 0 Å². The van der Waals surface area contributed by atoms with Crippen molar-refractivity contribution >= 4 is 0 Å². The van der Waals surface area contributed by atoms with Crippen molar-refractivity contribution in [2.24, 2.45) is 0 Å². The molecule has 0 spiro atoms. The Morgan fingerprint density at radius 3 is 3.12 bits per heavy atom. The second-order valence-electron chi connectivity index (χ2n) is 3.77. The molecule has 0 aliphatic rings. The second kappa shape index (κ2) is 5.96. The van der Waals surface area contributed by atoms with Crippen LogP contribution in [0, 0.1) is 0 Å². The van der Waals surface area contributed by atoms with E-state index in [0.717, 1.165) is 36.3 Å². The molecule has 88 valence electrons. The van der Waals surface area contributed by atoms with E-state index in [2.05, 4.69) is 27.1 Å². The van der Waals surface area contributed by atoms with E-state index < -0.39 is 0 Å². The number of hydrogen-bond acceptors (Lipinski definition) is 3. The van der Waals surface area contributed by atoms with Crippen LogP contribution in [0.15, 0.2) is 43.4 Å². The number of pyridine rings is 1. The van der Waals surface area contributed by atoms with Gasteiger partial charge in [-0.3, -0.25) is 10.1 Å². The van der Waals surface area contributed by atoms with Crippen LogP contribution in [0.3, 0.4) is 0 Å². The smallest absolute Gasteiger partial charge is 0.0710 e. The molecule has 0 aliphatic carbocycles. The van der Waals surface area contributed by atoms with E-state index in [1.54, 1.807) is 6.20 Å². The number of nitrogens with zero attached hydrogens (tertiary/aromatic N) is 2. The maximum Gasteiger partial charge on any atom is 0.0710 e. The second-order valence-corrected chi connectivity index (χ2v) is 3.77. The molecule has 0 aromatic carbocycles. The van der Waals surface area contributed by atoms with Crippen molar-refractivity contribution in [2.75, 3.05) is 6.54 Å². The number of aromatic nitrogens is 3. The molecule has 2 N–H and O–H groups in total. The number of rotatable bonds is 6. The molecule has 4 heteroatoms. The average molecular weight is 228 g/mol. The number of aromatic amines is 1. The van der Waals surface area contributed by atoms with Gasteiger partial charge in [0.15, 0.2) is 0 Å². The fourth-order valence-corrected chi connectivity index (χ4v) is 1.63. The normalized spacial score (nSPS) is 10.4. The highest BCUT2D eigenvalue weighted by molar-refractivity contribution is 5.61. The number of hydrogen-bond donors (Lipinski definition) is 2. The summed E-state index contributed by atoms with van der Waals surface area (Å²) in [6, 6.07) is 3.94. The maximum atomic E-state index is 4.11. The first-order valence-corrected chi connectivity index (χ1v) is 5.66. The van der Waals surface area contributed by atoms with E-state index in [0.29, 0.717) is 0 Å². The van der Waals surface area contributed by atoms with Gasteiger partial charge in [-0.25, -0.2) is 0 Å². The van der Waals surface area contributed by atoms with Gasteiger partial charge in [0, 0.05) is 30.1 Å². The van der Waals surface area contributed by atoms with Gasteiger partial charge >= 0.3 is 0 Å². The molecule has 0 atom stereocenters. The molecule has 0 amide bonds. The average Bonchev–Trinajstić information content (AvgIpc) is 2.84. The fraction of sp³-hybridized carbons (Fsp3) is 0.231. The highest BCUT2D eigenvalue weighted by atomic mass is 15.1. The molecule has 0 bridgehead atoms. The highest BCUT2D eigenvalue weighted by Crippen LogP contribution is 2.19. The molecular weight excluding hydrogens is 212 g/mol. The van der Waals surface area contributed by atoms with Crippen molar-refractivity contribution in [1.29, 1.82) is 0 Å². The first-order chi connectivity index (χ1) is 8.42. The standard InChI is InChI=1S/C13H16N4/c1-2-3-6-14-9-12-10-16-17-13(12)11-5-4-7-15-8-11/h2,4-5,7-8,10,14H,1,3,6,9H2,(H,16,17). The molecule has 17 heavy (non-hydrogen) atoms. The molecule has 0 saturated heterocycles. The van der Waals surface area contributed by atoms with Gasteiger partial charge in [-0.05, 0) is 25.1 Å². The molecule has 2 heterocycles. The number of H-pyrrole nitrogens is 1. The van der Waals surface area contributed by atoms with Gasteiger partial charge in [-0.2, -0.15) is 5.10 Å². The summed E-state index contributed by atoms with van der Waals surface area (Å²) in [5.41, 5.74) is 3.25. The van der Waals surface area contributed by atoms with Gasteiger partial charge < -0.3 is 5.32 Å². The third-order valence-electron chi connectivity index (χ3n) is 2.51. The lowest BCUT2D eigenvalue weighted by atomic mass is 10.1. The van der Waals surface area contributed by atoms with Crippen LogP contribution in [0.5, 0.6) is 0 Å². The van der Waals surface area contributed by atoms with E-state index in [1.165, 1.54) is 0 Å². The van der Waals surface area contributed by atoms with Crippen LogP contribution >= 0.6 is 0 Å². The van der Waals surface area contributed by atoms with Crippen molar-refractivity contribution in [3.63, 3.8) is 0 Å². The van der Waals surface area contributed by atoms with Crippen LogP contribution < -0.4 is 5.32 Å². The van der Waals surface area contributed by atoms with Crippen molar-refractivity contribution in [1.82, 2.24) is 20.5 Å². The summed E-state index contributed by atoms with van der Waals surface area (Å²) in [6.45, 7) is 5.43. The largest absolute Gasteiger partial charge is 0.312 e. The van der Waals surface area contributed by atoms with Gasteiger partial charge in [0.2, 0.25) is 0 Å². The monoisotopic (exact) mass is 228 g/mol. The lowest BCUT2D eigenvalue weighted by molar-refractivity contribution is 0.697. The maximum absolute atomic E-state index is 4.11. The van der Waals surface area contributed by atoms with Crippen LogP contribution in [0.2, 0.25) is 0 Å². The molecule has 2 aromatic rings. The molecule has 0 fully saturated rings. The zero-order valence-electron chi connectivity index (χ0n) is 9.69. The zero-order chi connectivity index (χ0) is 11.9. The molecule has 0 radical (unpaired) electrons. The summed E-state index contributed by atoms with van der Waals surface area (Å²) in [5, 5.41) is 10.4.